The Morgan fingerprint density at radius 3 is 2.42 bits per heavy atom. The van der Waals surface area contributed by atoms with Gasteiger partial charge in [0.15, 0.2) is 0 Å². The van der Waals surface area contributed by atoms with Gasteiger partial charge in [0.05, 0.1) is 17.0 Å². The number of anilines is 1. The SMILES string of the molecule is CCOC(=O)c1c(NC(=O)/C=C/c2ccc(Cl)cc2Cl)sc(C(=O)N(CC)CC)c1C. The number of rotatable bonds is 8. The molecular formula is C22H24Cl2N2O4S. The fourth-order valence-corrected chi connectivity index (χ4v) is 4.50. The van der Waals surface area contributed by atoms with Crippen LogP contribution in [0.2, 0.25) is 10.0 Å². The van der Waals surface area contributed by atoms with Crippen LogP contribution in [0.1, 0.15) is 51.9 Å². The van der Waals surface area contributed by atoms with E-state index in [9.17, 15) is 14.4 Å². The predicted molar refractivity (Wildman–Crippen MR) is 126 cm³/mol. The van der Waals surface area contributed by atoms with E-state index in [0.29, 0.717) is 39.1 Å². The maximum absolute atomic E-state index is 12.9. The molecule has 2 aromatic rings. The van der Waals surface area contributed by atoms with E-state index in [1.54, 1.807) is 43.0 Å². The number of ether oxygens (including phenoxy) is 1. The molecule has 2 amide bonds. The third-order valence-electron chi connectivity index (χ3n) is 4.48. The van der Waals surface area contributed by atoms with Gasteiger partial charge >= 0.3 is 5.97 Å². The topological polar surface area (TPSA) is 75.7 Å². The van der Waals surface area contributed by atoms with Crippen LogP contribution in [0.15, 0.2) is 24.3 Å². The Kier molecular flexibility index (Phi) is 9.10. The minimum absolute atomic E-state index is 0.176. The quantitative estimate of drug-likeness (QED) is 0.388. The average Bonchev–Trinajstić information content (AvgIpc) is 3.04. The first-order valence-corrected chi connectivity index (χ1v) is 11.3. The van der Waals surface area contributed by atoms with Crippen LogP contribution in [0.3, 0.4) is 0 Å². The molecule has 0 aliphatic rings. The molecule has 1 N–H and O–H groups in total. The predicted octanol–water partition coefficient (Wildman–Crippen LogP) is 5.67. The summed E-state index contributed by atoms with van der Waals surface area (Å²) >= 11 is 13.1. The van der Waals surface area contributed by atoms with Gasteiger partial charge in [-0.05, 0) is 57.0 Å². The fourth-order valence-electron chi connectivity index (χ4n) is 2.86. The van der Waals surface area contributed by atoms with Crippen LogP contribution in [0.25, 0.3) is 6.08 Å². The highest BCUT2D eigenvalue weighted by Crippen LogP contribution is 2.34. The number of carbonyl (C=O) groups is 3. The van der Waals surface area contributed by atoms with Gasteiger partial charge in [-0.15, -0.1) is 11.3 Å². The third-order valence-corrected chi connectivity index (χ3v) is 6.24. The van der Waals surface area contributed by atoms with Gasteiger partial charge in [0, 0.05) is 29.2 Å². The van der Waals surface area contributed by atoms with Gasteiger partial charge < -0.3 is 15.0 Å². The number of nitrogens with zero attached hydrogens (tertiary/aromatic N) is 1. The molecule has 0 saturated carbocycles. The van der Waals surface area contributed by atoms with Crippen LogP contribution in [0.4, 0.5) is 5.00 Å². The minimum atomic E-state index is -0.588. The summed E-state index contributed by atoms with van der Waals surface area (Å²) < 4.78 is 5.14. The number of halogens is 2. The summed E-state index contributed by atoms with van der Waals surface area (Å²) in [6, 6.07) is 4.93. The molecule has 0 radical (unpaired) electrons. The number of hydrogen-bond acceptors (Lipinski definition) is 5. The van der Waals surface area contributed by atoms with Gasteiger partial charge in [-0.2, -0.15) is 0 Å². The molecule has 0 saturated heterocycles. The van der Waals surface area contributed by atoms with Crippen molar-refractivity contribution in [3.8, 4) is 0 Å². The number of esters is 1. The molecule has 6 nitrogen and oxygen atoms in total. The lowest BCUT2D eigenvalue weighted by atomic mass is 10.1. The van der Waals surface area contributed by atoms with Crippen molar-refractivity contribution < 1.29 is 19.1 Å². The highest BCUT2D eigenvalue weighted by Gasteiger charge is 2.28. The Morgan fingerprint density at radius 2 is 1.84 bits per heavy atom. The van der Waals surface area contributed by atoms with Crippen LogP contribution in [0, 0.1) is 6.92 Å². The largest absolute Gasteiger partial charge is 0.462 e. The highest BCUT2D eigenvalue weighted by atomic mass is 35.5. The van der Waals surface area contributed by atoms with Crippen molar-refractivity contribution in [2.24, 2.45) is 0 Å². The molecular weight excluding hydrogens is 459 g/mol. The molecule has 2 rings (SSSR count). The Labute approximate surface area is 195 Å². The number of carbonyl (C=O) groups excluding carboxylic acids is 3. The van der Waals surface area contributed by atoms with Gasteiger partial charge in [-0.3, -0.25) is 9.59 Å². The molecule has 166 valence electrons. The first kappa shape index (κ1) is 24.9. The molecule has 1 aromatic carbocycles. The molecule has 1 heterocycles. The number of hydrogen-bond donors (Lipinski definition) is 1. The van der Waals surface area contributed by atoms with Crippen molar-refractivity contribution in [2.75, 3.05) is 25.0 Å². The Balaban J connectivity index is 2.36. The molecule has 0 spiro atoms. The van der Waals surface area contributed by atoms with Gasteiger partial charge in [0.2, 0.25) is 5.91 Å². The van der Waals surface area contributed by atoms with Gasteiger partial charge in [-0.1, -0.05) is 29.3 Å². The monoisotopic (exact) mass is 482 g/mol. The molecule has 0 aliphatic heterocycles. The zero-order chi connectivity index (χ0) is 23.1. The molecule has 1 aromatic heterocycles. The summed E-state index contributed by atoms with van der Waals surface area (Å²) in [6.45, 7) is 8.38. The fraction of sp³-hybridized carbons (Fsp3) is 0.318. The number of amides is 2. The maximum atomic E-state index is 12.9. The second-order valence-corrected chi connectivity index (χ2v) is 8.31. The minimum Gasteiger partial charge on any atom is -0.462 e. The Bertz CT molecular complexity index is 1010. The molecule has 31 heavy (non-hydrogen) atoms. The van der Waals surface area contributed by atoms with E-state index in [0.717, 1.165) is 11.3 Å². The highest BCUT2D eigenvalue weighted by molar-refractivity contribution is 7.18. The zero-order valence-electron chi connectivity index (χ0n) is 17.8. The van der Waals surface area contributed by atoms with Crippen LogP contribution in [-0.4, -0.2) is 42.4 Å². The smallest absolute Gasteiger partial charge is 0.341 e. The van der Waals surface area contributed by atoms with E-state index in [1.807, 2.05) is 13.8 Å². The van der Waals surface area contributed by atoms with Crippen LogP contribution < -0.4 is 5.32 Å². The van der Waals surface area contributed by atoms with E-state index in [-0.39, 0.29) is 23.1 Å². The standard InChI is InChI=1S/C22H24Cl2N2O4S/c1-5-26(6-2)21(28)19-13(4)18(22(29)30-7-3)20(31-19)25-17(27)11-9-14-8-10-15(23)12-16(14)24/h8-12H,5-7H2,1-4H3,(H,25,27)/b11-9+. The summed E-state index contributed by atoms with van der Waals surface area (Å²) in [7, 11) is 0. The van der Waals surface area contributed by atoms with Crippen LogP contribution in [0.5, 0.6) is 0 Å². The lowest BCUT2D eigenvalue weighted by Gasteiger charge is -2.18. The first-order valence-electron chi connectivity index (χ1n) is 9.77. The molecule has 0 unspecified atom stereocenters. The Hall–Kier alpha value is -2.35. The van der Waals surface area contributed by atoms with Crippen molar-refractivity contribution in [3.05, 3.63) is 55.9 Å². The van der Waals surface area contributed by atoms with E-state index < -0.39 is 11.9 Å². The molecule has 0 fully saturated rings. The summed E-state index contributed by atoms with van der Waals surface area (Å²) in [5.41, 5.74) is 1.29. The second-order valence-electron chi connectivity index (χ2n) is 6.45. The number of thiophene rings is 1. The summed E-state index contributed by atoms with van der Waals surface area (Å²) in [4.78, 5) is 40.0. The second kappa shape index (κ2) is 11.3. The number of benzene rings is 1. The lowest BCUT2D eigenvalue weighted by Crippen LogP contribution is -2.30. The lowest BCUT2D eigenvalue weighted by molar-refractivity contribution is -0.111. The van der Waals surface area contributed by atoms with E-state index in [2.05, 4.69) is 5.32 Å². The van der Waals surface area contributed by atoms with Gasteiger partial charge in [0.1, 0.15) is 5.00 Å². The van der Waals surface area contributed by atoms with E-state index in [1.165, 1.54) is 6.08 Å². The first-order chi connectivity index (χ1) is 14.7. The van der Waals surface area contributed by atoms with Crippen molar-refractivity contribution in [1.29, 1.82) is 0 Å². The molecule has 0 atom stereocenters. The molecule has 0 bridgehead atoms. The van der Waals surface area contributed by atoms with Crippen molar-refractivity contribution >= 4 is 63.4 Å². The van der Waals surface area contributed by atoms with Crippen LogP contribution in [-0.2, 0) is 9.53 Å². The third kappa shape index (κ3) is 6.09. The van der Waals surface area contributed by atoms with Crippen molar-refractivity contribution in [2.45, 2.75) is 27.7 Å². The van der Waals surface area contributed by atoms with Gasteiger partial charge in [0.25, 0.3) is 5.91 Å². The average molecular weight is 483 g/mol. The van der Waals surface area contributed by atoms with Crippen LogP contribution >= 0.6 is 34.5 Å². The summed E-state index contributed by atoms with van der Waals surface area (Å²) in [5.74, 6) is -1.25. The Morgan fingerprint density at radius 1 is 1.16 bits per heavy atom. The van der Waals surface area contributed by atoms with Gasteiger partial charge in [-0.25, -0.2) is 4.79 Å². The summed E-state index contributed by atoms with van der Waals surface area (Å²) in [5, 5.41) is 3.86. The van der Waals surface area contributed by atoms with Crippen molar-refractivity contribution in [3.63, 3.8) is 0 Å². The van der Waals surface area contributed by atoms with E-state index in [4.69, 9.17) is 27.9 Å². The van der Waals surface area contributed by atoms with E-state index >= 15 is 0 Å². The zero-order valence-corrected chi connectivity index (χ0v) is 20.1. The van der Waals surface area contributed by atoms with Crippen molar-refractivity contribution in [1.82, 2.24) is 4.90 Å². The maximum Gasteiger partial charge on any atom is 0.341 e. The molecule has 9 heteroatoms. The normalized spacial score (nSPS) is 10.9. The summed E-state index contributed by atoms with van der Waals surface area (Å²) in [6.07, 6.45) is 2.84. The number of nitrogens with one attached hydrogen (secondary N) is 1. The molecule has 0 aliphatic carbocycles.